The van der Waals surface area contributed by atoms with Crippen LogP contribution >= 0.6 is 11.8 Å². The number of nitrogens with zero attached hydrogens (tertiary/aromatic N) is 2. The molecule has 0 aromatic carbocycles. The van der Waals surface area contributed by atoms with E-state index < -0.39 is 0 Å². The molecule has 5 heteroatoms. The molecule has 3 aliphatic rings. The van der Waals surface area contributed by atoms with Gasteiger partial charge < -0.3 is 9.64 Å². The molecule has 0 bridgehead atoms. The normalized spacial score (nSPS) is 29.0. The maximum atomic E-state index is 12.2. The van der Waals surface area contributed by atoms with E-state index >= 15 is 0 Å². The molecule has 0 spiro atoms. The predicted molar refractivity (Wildman–Crippen MR) is 86.7 cm³/mol. The molecule has 3 saturated heterocycles. The van der Waals surface area contributed by atoms with Gasteiger partial charge in [0.25, 0.3) is 0 Å². The minimum atomic E-state index is 0.341. The number of morpholine rings is 1. The maximum absolute atomic E-state index is 12.2. The summed E-state index contributed by atoms with van der Waals surface area (Å²) in [7, 11) is 0. The molecule has 0 aliphatic carbocycles. The van der Waals surface area contributed by atoms with Crippen LogP contribution in [0.25, 0.3) is 0 Å². The maximum Gasteiger partial charge on any atom is 0.222 e. The van der Waals surface area contributed by atoms with Crippen molar-refractivity contribution in [3.8, 4) is 0 Å². The highest BCUT2D eigenvalue weighted by Crippen LogP contribution is 2.28. The van der Waals surface area contributed by atoms with Crippen molar-refractivity contribution in [2.75, 3.05) is 50.9 Å². The van der Waals surface area contributed by atoms with Gasteiger partial charge in [-0.25, -0.2) is 0 Å². The van der Waals surface area contributed by atoms with Crippen LogP contribution in [0.3, 0.4) is 0 Å². The summed E-state index contributed by atoms with van der Waals surface area (Å²) in [4.78, 5) is 16.8. The van der Waals surface area contributed by atoms with E-state index in [2.05, 4.69) is 16.7 Å². The van der Waals surface area contributed by atoms with Crippen molar-refractivity contribution in [1.82, 2.24) is 9.80 Å². The van der Waals surface area contributed by atoms with Crippen molar-refractivity contribution >= 4 is 17.7 Å². The zero-order valence-electron chi connectivity index (χ0n) is 13.0. The van der Waals surface area contributed by atoms with Gasteiger partial charge in [-0.15, -0.1) is 0 Å². The molecule has 21 heavy (non-hydrogen) atoms. The summed E-state index contributed by atoms with van der Waals surface area (Å²) in [5.74, 6) is 3.78. The first-order valence-corrected chi connectivity index (χ1v) is 9.66. The number of ether oxygens (including phenoxy) is 1. The van der Waals surface area contributed by atoms with E-state index in [1.54, 1.807) is 0 Å². The summed E-state index contributed by atoms with van der Waals surface area (Å²) in [5.41, 5.74) is 0. The summed E-state index contributed by atoms with van der Waals surface area (Å²) in [6, 6.07) is 0.839. The van der Waals surface area contributed by atoms with E-state index in [4.69, 9.17) is 4.74 Å². The third kappa shape index (κ3) is 4.36. The van der Waals surface area contributed by atoms with Gasteiger partial charge in [-0.3, -0.25) is 9.69 Å². The van der Waals surface area contributed by atoms with Crippen LogP contribution in [-0.2, 0) is 9.53 Å². The van der Waals surface area contributed by atoms with E-state index in [0.717, 1.165) is 37.9 Å². The van der Waals surface area contributed by atoms with Gasteiger partial charge in [0.15, 0.2) is 0 Å². The third-order valence-electron chi connectivity index (χ3n) is 5.20. The Hall–Kier alpha value is -0.260. The van der Waals surface area contributed by atoms with Crippen LogP contribution in [0, 0.1) is 5.92 Å². The van der Waals surface area contributed by atoms with Gasteiger partial charge in [0.05, 0.1) is 13.2 Å². The van der Waals surface area contributed by atoms with E-state index in [1.807, 2.05) is 4.90 Å². The van der Waals surface area contributed by atoms with Crippen molar-refractivity contribution in [2.24, 2.45) is 5.92 Å². The molecular formula is C16H28N2O2S. The molecule has 3 fully saturated rings. The molecule has 1 atom stereocenters. The summed E-state index contributed by atoms with van der Waals surface area (Å²) >= 11 is 2.10. The zero-order chi connectivity index (χ0) is 14.5. The molecule has 0 N–H and O–H groups in total. The van der Waals surface area contributed by atoms with Gasteiger partial charge in [0.2, 0.25) is 5.91 Å². The average Bonchev–Trinajstić information content (AvgIpc) is 3.08. The van der Waals surface area contributed by atoms with E-state index in [0.29, 0.717) is 19.1 Å². The van der Waals surface area contributed by atoms with Crippen molar-refractivity contribution in [2.45, 2.75) is 38.1 Å². The molecular weight excluding hydrogens is 284 g/mol. The molecule has 4 nitrogen and oxygen atoms in total. The first kappa shape index (κ1) is 15.6. The number of hydrogen-bond donors (Lipinski definition) is 0. The van der Waals surface area contributed by atoms with Crippen molar-refractivity contribution in [3.63, 3.8) is 0 Å². The number of amides is 1. The molecule has 3 aliphatic heterocycles. The highest BCUT2D eigenvalue weighted by molar-refractivity contribution is 7.99. The fourth-order valence-electron chi connectivity index (χ4n) is 3.72. The highest BCUT2D eigenvalue weighted by atomic mass is 32.2. The minimum absolute atomic E-state index is 0.341. The second-order valence-electron chi connectivity index (χ2n) is 6.53. The number of rotatable bonds is 4. The molecule has 1 amide bonds. The Morgan fingerprint density at radius 2 is 1.86 bits per heavy atom. The molecule has 120 valence electrons. The fraction of sp³-hybridized carbons (Fsp3) is 0.938. The molecule has 0 aromatic heterocycles. The SMILES string of the molecule is O=C(CCC1CCN(C2CCSC2)CC1)N1CCOCC1. The van der Waals surface area contributed by atoms with Gasteiger partial charge in [0, 0.05) is 31.3 Å². The van der Waals surface area contributed by atoms with Crippen LogP contribution < -0.4 is 0 Å². The minimum Gasteiger partial charge on any atom is -0.378 e. The number of carbonyl (C=O) groups excluding carboxylic acids is 1. The number of piperidine rings is 1. The summed E-state index contributed by atoms with van der Waals surface area (Å²) < 4.78 is 5.30. The van der Waals surface area contributed by atoms with Gasteiger partial charge in [-0.05, 0) is 50.4 Å². The van der Waals surface area contributed by atoms with Crippen LogP contribution in [0.15, 0.2) is 0 Å². The lowest BCUT2D eigenvalue weighted by Crippen LogP contribution is -2.42. The van der Waals surface area contributed by atoms with Crippen LogP contribution in [0.1, 0.15) is 32.1 Å². The van der Waals surface area contributed by atoms with Crippen molar-refractivity contribution in [3.05, 3.63) is 0 Å². The topological polar surface area (TPSA) is 32.8 Å². The number of hydrogen-bond acceptors (Lipinski definition) is 4. The lowest BCUT2D eigenvalue weighted by molar-refractivity contribution is -0.135. The quantitative estimate of drug-likeness (QED) is 0.793. The van der Waals surface area contributed by atoms with Crippen molar-refractivity contribution < 1.29 is 9.53 Å². The Morgan fingerprint density at radius 1 is 1.10 bits per heavy atom. The molecule has 3 heterocycles. The summed E-state index contributed by atoms with van der Waals surface area (Å²) in [5, 5.41) is 0. The monoisotopic (exact) mass is 312 g/mol. The van der Waals surface area contributed by atoms with Gasteiger partial charge in [-0.1, -0.05) is 0 Å². The zero-order valence-corrected chi connectivity index (χ0v) is 13.8. The van der Waals surface area contributed by atoms with Crippen LogP contribution in [-0.4, -0.2) is 72.6 Å². The Morgan fingerprint density at radius 3 is 2.52 bits per heavy atom. The molecule has 0 radical (unpaired) electrons. The molecule has 1 unspecified atom stereocenters. The molecule has 3 rings (SSSR count). The lowest BCUT2D eigenvalue weighted by Gasteiger charge is -2.36. The van der Waals surface area contributed by atoms with Gasteiger partial charge in [0.1, 0.15) is 0 Å². The Labute approximate surface area is 132 Å². The van der Waals surface area contributed by atoms with E-state index in [1.165, 1.54) is 43.9 Å². The van der Waals surface area contributed by atoms with E-state index in [-0.39, 0.29) is 0 Å². The summed E-state index contributed by atoms with van der Waals surface area (Å²) in [6.45, 7) is 5.50. The number of likely N-dealkylation sites (tertiary alicyclic amines) is 1. The first-order valence-electron chi connectivity index (χ1n) is 8.50. The largest absolute Gasteiger partial charge is 0.378 e. The first-order chi connectivity index (χ1) is 10.3. The Balaban J connectivity index is 1.34. The second-order valence-corrected chi connectivity index (χ2v) is 7.68. The predicted octanol–water partition coefficient (Wildman–Crippen LogP) is 1.84. The fourth-order valence-corrected chi connectivity index (χ4v) is 4.97. The molecule has 0 aromatic rings. The van der Waals surface area contributed by atoms with Crippen LogP contribution in [0.4, 0.5) is 0 Å². The smallest absolute Gasteiger partial charge is 0.222 e. The lowest BCUT2D eigenvalue weighted by atomic mass is 9.91. The standard InChI is InChI=1S/C16H28N2O2S/c19-16(18-8-10-20-11-9-18)2-1-14-3-6-17(7-4-14)15-5-12-21-13-15/h14-15H,1-13H2. The average molecular weight is 312 g/mol. The van der Waals surface area contributed by atoms with Crippen LogP contribution in [0.5, 0.6) is 0 Å². The van der Waals surface area contributed by atoms with Crippen LogP contribution in [0.2, 0.25) is 0 Å². The van der Waals surface area contributed by atoms with Gasteiger partial charge in [-0.2, -0.15) is 11.8 Å². The second kappa shape index (κ2) is 7.84. The third-order valence-corrected chi connectivity index (χ3v) is 6.35. The highest BCUT2D eigenvalue weighted by Gasteiger charge is 2.28. The Bertz CT molecular complexity index is 333. The number of carbonyl (C=O) groups is 1. The summed E-state index contributed by atoms with van der Waals surface area (Å²) in [6.07, 6.45) is 5.79. The Kier molecular flexibility index (Phi) is 5.83. The number of thioether (sulfide) groups is 1. The van der Waals surface area contributed by atoms with Crippen molar-refractivity contribution in [1.29, 1.82) is 0 Å². The molecule has 0 saturated carbocycles. The van der Waals surface area contributed by atoms with Gasteiger partial charge >= 0.3 is 0 Å². The van der Waals surface area contributed by atoms with E-state index in [9.17, 15) is 4.79 Å².